The van der Waals surface area contributed by atoms with Crippen molar-refractivity contribution in [2.75, 3.05) is 0 Å². The van der Waals surface area contributed by atoms with E-state index in [9.17, 15) is 4.79 Å². The maximum Gasteiger partial charge on any atom is 0.171 e. The van der Waals surface area contributed by atoms with Crippen molar-refractivity contribution in [1.29, 1.82) is 0 Å². The van der Waals surface area contributed by atoms with Crippen molar-refractivity contribution in [3.8, 4) is 0 Å². The molecule has 3 heteroatoms. The number of benzene rings is 1. The Labute approximate surface area is 121 Å². The van der Waals surface area contributed by atoms with Crippen LogP contribution in [0, 0.1) is 6.92 Å². The van der Waals surface area contributed by atoms with Gasteiger partial charge in [0.05, 0.1) is 11.6 Å². The predicted molar refractivity (Wildman–Crippen MR) is 78.5 cm³/mol. The lowest BCUT2D eigenvalue weighted by Gasteiger charge is -2.10. The fraction of sp³-hybridized carbons (Fsp3) is 0.250. The second-order valence-corrected chi connectivity index (χ2v) is 5.82. The molecule has 1 unspecified atom stereocenters. The van der Waals surface area contributed by atoms with Crippen LogP contribution in [-0.4, -0.2) is 10.8 Å². The number of rotatable bonds is 2. The second kappa shape index (κ2) is 4.89. The van der Waals surface area contributed by atoms with Gasteiger partial charge in [-0.15, -0.1) is 0 Å². The zero-order valence-electron chi connectivity index (χ0n) is 10.7. The molecular formula is C16H14BrNO. The van der Waals surface area contributed by atoms with Gasteiger partial charge in [-0.25, -0.2) is 0 Å². The number of ketones is 1. The molecule has 0 fully saturated rings. The summed E-state index contributed by atoms with van der Waals surface area (Å²) in [5.41, 5.74) is 4.05. The standard InChI is InChI=1S/C16H14BrNO/c1-10-9-12(5-7-14(10)17)16(19)13-6-4-11-3-2-8-18-15(11)13/h2-3,5,7-9,13H,4,6H2,1H3. The van der Waals surface area contributed by atoms with E-state index in [2.05, 4.69) is 27.0 Å². The van der Waals surface area contributed by atoms with Crippen molar-refractivity contribution < 1.29 is 4.79 Å². The first-order valence-electron chi connectivity index (χ1n) is 6.41. The van der Waals surface area contributed by atoms with Crippen molar-refractivity contribution in [2.45, 2.75) is 25.7 Å². The van der Waals surface area contributed by atoms with Crippen LogP contribution in [0.15, 0.2) is 41.0 Å². The summed E-state index contributed by atoms with van der Waals surface area (Å²) in [7, 11) is 0. The summed E-state index contributed by atoms with van der Waals surface area (Å²) in [6.07, 6.45) is 3.60. The Morgan fingerprint density at radius 1 is 1.37 bits per heavy atom. The van der Waals surface area contributed by atoms with E-state index in [1.54, 1.807) is 6.20 Å². The summed E-state index contributed by atoms with van der Waals surface area (Å²) < 4.78 is 1.04. The fourth-order valence-electron chi connectivity index (χ4n) is 2.67. The number of halogens is 1. The van der Waals surface area contributed by atoms with Gasteiger partial charge in [-0.1, -0.05) is 28.1 Å². The van der Waals surface area contributed by atoms with E-state index in [0.29, 0.717) is 0 Å². The molecule has 2 nitrogen and oxygen atoms in total. The number of nitrogens with zero attached hydrogens (tertiary/aromatic N) is 1. The first-order chi connectivity index (χ1) is 9.16. The minimum atomic E-state index is -0.0724. The number of carbonyl (C=O) groups excluding carboxylic acids is 1. The molecular weight excluding hydrogens is 302 g/mol. The Morgan fingerprint density at radius 2 is 2.21 bits per heavy atom. The van der Waals surface area contributed by atoms with E-state index >= 15 is 0 Å². The number of aromatic nitrogens is 1. The van der Waals surface area contributed by atoms with Gasteiger partial charge in [0, 0.05) is 16.2 Å². The van der Waals surface area contributed by atoms with Crippen LogP contribution >= 0.6 is 15.9 Å². The van der Waals surface area contributed by atoms with Gasteiger partial charge in [0.2, 0.25) is 0 Å². The molecule has 2 aromatic rings. The molecule has 0 N–H and O–H groups in total. The number of pyridine rings is 1. The molecule has 1 aliphatic rings. The topological polar surface area (TPSA) is 30.0 Å². The van der Waals surface area contributed by atoms with E-state index in [1.165, 1.54) is 5.56 Å². The molecule has 0 bridgehead atoms. The Kier molecular flexibility index (Phi) is 3.23. The highest BCUT2D eigenvalue weighted by atomic mass is 79.9. The minimum Gasteiger partial charge on any atom is -0.293 e. The number of fused-ring (bicyclic) bond motifs is 1. The van der Waals surface area contributed by atoms with E-state index in [-0.39, 0.29) is 11.7 Å². The summed E-state index contributed by atoms with van der Waals surface area (Å²) in [6, 6.07) is 9.79. The smallest absolute Gasteiger partial charge is 0.171 e. The summed E-state index contributed by atoms with van der Waals surface area (Å²) in [6.45, 7) is 2.00. The maximum absolute atomic E-state index is 12.6. The van der Waals surface area contributed by atoms with Crippen LogP contribution in [0.1, 0.15) is 39.5 Å². The third-order valence-electron chi connectivity index (χ3n) is 3.72. The van der Waals surface area contributed by atoms with Gasteiger partial charge in [-0.05, 0) is 49.1 Å². The average molecular weight is 316 g/mol. The van der Waals surface area contributed by atoms with Crippen molar-refractivity contribution in [1.82, 2.24) is 4.98 Å². The summed E-state index contributed by atoms with van der Waals surface area (Å²) in [4.78, 5) is 17.0. The molecule has 19 heavy (non-hydrogen) atoms. The summed E-state index contributed by atoms with van der Waals surface area (Å²) in [5.74, 6) is 0.116. The lowest BCUT2D eigenvalue weighted by atomic mass is 9.94. The molecule has 3 rings (SSSR count). The monoisotopic (exact) mass is 315 g/mol. The first-order valence-corrected chi connectivity index (χ1v) is 7.20. The van der Waals surface area contributed by atoms with Crippen molar-refractivity contribution in [3.63, 3.8) is 0 Å². The number of Topliss-reactive ketones (excluding diaryl/α,β-unsaturated/α-hetero) is 1. The Bertz CT molecular complexity index is 651. The van der Waals surface area contributed by atoms with Crippen molar-refractivity contribution in [2.24, 2.45) is 0 Å². The maximum atomic E-state index is 12.6. The molecule has 1 aromatic carbocycles. The quantitative estimate of drug-likeness (QED) is 0.782. The van der Waals surface area contributed by atoms with Crippen LogP contribution in [0.3, 0.4) is 0 Å². The third-order valence-corrected chi connectivity index (χ3v) is 4.61. The highest BCUT2D eigenvalue weighted by molar-refractivity contribution is 9.10. The molecule has 1 heterocycles. The SMILES string of the molecule is Cc1cc(C(=O)C2CCc3cccnc32)ccc1Br. The minimum absolute atomic E-state index is 0.0724. The molecule has 0 saturated heterocycles. The fourth-order valence-corrected chi connectivity index (χ4v) is 2.91. The van der Waals surface area contributed by atoms with Crippen LogP contribution in [-0.2, 0) is 6.42 Å². The number of hydrogen-bond acceptors (Lipinski definition) is 2. The Morgan fingerprint density at radius 3 is 3.00 bits per heavy atom. The van der Waals surface area contributed by atoms with Crippen molar-refractivity contribution >= 4 is 21.7 Å². The van der Waals surface area contributed by atoms with Crippen LogP contribution in [0.2, 0.25) is 0 Å². The molecule has 0 aliphatic heterocycles. The Hall–Kier alpha value is -1.48. The van der Waals surface area contributed by atoms with E-state index < -0.39 is 0 Å². The molecule has 96 valence electrons. The second-order valence-electron chi connectivity index (χ2n) is 4.97. The van der Waals surface area contributed by atoms with Gasteiger partial charge in [0.15, 0.2) is 5.78 Å². The van der Waals surface area contributed by atoms with Gasteiger partial charge < -0.3 is 0 Å². The normalized spacial score (nSPS) is 17.3. The van der Waals surface area contributed by atoms with Crippen molar-refractivity contribution in [3.05, 3.63) is 63.4 Å². The largest absolute Gasteiger partial charge is 0.293 e. The highest BCUT2D eigenvalue weighted by Crippen LogP contribution is 2.34. The molecule has 0 amide bonds. The average Bonchev–Trinajstić information content (AvgIpc) is 2.85. The van der Waals surface area contributed by atoms with E-state index in [4.69, 9.17) is 0 Å². The predicted octanol–water partition coefficient (Wildman–Crippen LogP) is 4.07. The molecule has 0 radical (unpaired) electrons. The Balaban J connectivity index is 1.95. The lowest BCUT2D eigenvalue weighted by Crippen LogP contribution is -2.11. The molecule has 0 spiro atoms. The highest BCUT2D eigenvalue weighted by Gasteiger charge is 2.30. The molecule has 1 aromatic heterocycles. The van der Waals surface area contributed by atoms with Gasteiger partial charge in [-0.2, -0.15) is 0 Å². The molecule has 0 saturated carbocycles. The van der Waals surface area contributed by atoms with Crippen LogP contribution in [0.4, 0.5) is 0 Å². The van der Waals surface area contributed by atoms with E-state index in [0.717, 1.165) is 34.1 Å². The number of aryl methyl sites for hydroxylation is 2. The molecule has 1 atom stereocenters. The lowest BCUT2D eigenvalue weighted by molar-refractivity contribution is 0.0958. The van der Waals surface area contributed by atoms with Gasteiger partial charge >= 0.3 is 0 Å². The number of hydrogen-bond donors (Lipinski definition) is 0. The summed E-state index contributed by atoms with van der Waals surface area (Å²) in [5, 5.41) is 0. The summed E-state index contributed by atoms with van der Waals surface area (Å²) >= 11 is 3.46. The zero-order valence-corrected chi connectivity index (χ0v) is 12.3. The first kappa shape index (κ1) is 12.5. The van der Waals surface area contributed by atoms with Gasteiger partial charge in [-0.3, -0.25) is 9.78 Å². The number of carbonyl (C=O) groups is 1. The molecule has 1 aliphatic carbocycles. The van der Waals surface area contributed by atoms with Crippen LogP contribution < -0.4 is 0 Å². The third kappa shape index (κ3) is 2.23. The van der Waals surface area contributed by atoms with E-state index in [1.807, 2.05) is 31.2 Å². The van der Waals surface area contributed by atoms with Crippen LogP contribution in [0.5, 0.6) is 0 Å². The van der Waals surface area contributed by atoms with Gasteiger partial charge in [0.1, 0.15) is 0 Å². The van der Waals surface area contributed by atoms with Crippen LogP contribution in [0.25, 0.3) is 0 Å². The van der Waals surface area contributed by atoms with Gasteiger partial charge in [0.25, 0.3) is 0 Å². The zero-order chi connectivity index (χ0) is 13.4.